The number of anilines is 1. The van der Waals surface area contributed by atoms with Gasteiger partial charge in [0.25, 0.3) is 0 Å². The third-order valence-electron chi connectivity index (χ3n) is 2.13. The number of carbonyl (C=O) groups excluding carboxylic acids is 1. The molecule has 5 nitrogen and oxygen atoms in total. The summed E-state index contributed by atoms with van der Waals surface area (Å²) in [6.45, 7) is 6.85. The number of benzene rings is 1. The van der Waals surface area contributed by atoms with Gasteiger partial charge in [-0.05, 0) is 33.8 Å². The van der Waals surface area contributed by atoms with Gasteiger partial charge in [0.1, 0.15) is 11.4 Å². The lowest BCUT2D eigenvalue weighted by atomic mass is 10.1. The highest BCUT2D eigenvalue weighted by Crippen LogP contribution is 2.27. The molecule has 0 unspecified atom stereocenters. The van der Waals surface area contributed by atoms with Crippen LogP contribution >= 0.6 is 0 Å². The van der Waals surface area contributed by atoms with Crippen molar-refractivity contribution in [1.29, 1.82) is 0 Å². The number of ether oxygens (including phenoxy) is 1. The highest BCUT2D eigenvalue weighted by Gasteiger charge is 2.16. The lowest BCUT2D eigenvalue weighted by molar-refractivity contribution is 0.0636. The Morgan fingerprint density at radius 2 is 2.00 bits per heavy atom. The minimum absolute atomic E-state index is 0.0708. The van der Waals surface area contributed by atoms with Crippen LogP contribution in [0.2, 0.25) is 0 Å². The molecule has 1 aromatic rings. The quantitative estimate of drug-likeness (QED) is 0.757. The summed E-state index contributed by atoms with van der Waals surface area (Å²) in [7, 11) is 0. The average Bonchev–Trinajstić information content (AvgIpc) is 2.13. The molecule has 0 aliphatic heterocycles. The monoisotopic (exact) mass is 253 g/mol. The fraction of sp³-hybridized carbons (Fsp3) is 0.462. The van der Waals surface area contributed by atoms with Gasteiger partial charge in [-0.2, -0.15) is 0 Å². The van der Waals surface area contributed by atoms with E-state index in [1.165, 1.54) is 6.07 Å². The van der Waals surface area contributed by atoms with E-state index < -0.39 is 17.8 Å². The standard InChI is InChI=1S/C13H19NO4/c1-8(15)10-6-5-9(7-11(10)16)14-12(17)18-13(2,3)4/h5-8,15-16H,1-4H3,(H,14,17)/t8-/m1/s1. The van der Waals surface area contributed by atoms with Gasteiger partial charge in [0, 0.05) is 17.3 Å². The smallest absolute Gasteiger partial charge is 0.412 e. The topological polar surface area (TPSA) is 78.8 Å². The molecule has 1 amide bonds. The van der Waals surface area contributed by atoms with Crippen molar-refractivity contribution in [3.63, 3.8) is 0 Å². The van der Waals surface area contributed by atoms with E-state index in [0.29, 0.717) is 11.3 Å². The zero-order valence-corrected chi connectivity index (χ0v) is 11.0. The van der Waals surface area contributed by atoms with Gasteiger partial charge < -0.3 is 14.9 Å². The van der Waals surface area contributed by atoms with Crippen LogP contribution < -0.4 is 5.32 Å². The molecule has 0 heterocycles. The maximum atomic E-state index is 11.5. The molecule has 0 saturated heterocycles. The van der Waals surface area contributed by atoms with Gasteiger partial charge in [-0.1, -0.05) is 6.07 Å². The first-order chi connectivity index (χ1) is 8.19. The lowest BCUT2D eigenvalue weighted by Crippen LogP contribution is -2.27. The molecule has 3 N–H and O–H groups in total. The number of carbonyl (C=O) groups is 1. The fourth-order valence-electron chi connectivity index (χ4n) is 1.40. The van der Waals surface area contributed by atoms with Crippen LogP contribution in [-0.2, 0) is 4.74 Å². The molecule has 100 valence electrons. The van der Waals surface area contributed by atoms with Gasteiger partial charge in [0.15, 0.2) is 0 Å². The Kier molecular flexibility index (Phi) is 4.19. The fourth-order valence-corrected chi connectivity index (χ4v) is 1.40. The van der Waals surface area contributed by atoms with Crippen LogP contribution in [0, 0.1) is 0 Å². The van der Waals surface area contributed by atoms with Crippen molar-refractivity contribution in [2.45, 2.75) is 39.4 Å². The SMILES string of the molecule is C[C@@H](O)c1ccc(NC(=O)OC(C)(C)C)cc1O. The second-order valence-corrected chi connectivity index (χ2v) is 5.08. The van der Waals surface area contributed by atoms with Crippen molar-refractivity contribution in [3.8, 4) is 5.75 Å². The van der Waals surface area contributed by atoms with E-state index in [4.69, 9.17) is 4.74 Å². The average molecular weight is 253 g/mol. The molecular weight excluding hydrogens is 234 g/mol. The van der Waals surface area contributed by atoms with Gasteiger partial charge in [0.05, 0.1) is 6.10 Å². The number of phenols is 1. The first-order valence-corrected chi connectivity index (χ1v) is 5.70. The summed E-state index contributed by atoms with van der Waals surface area (Å²) in [5, 5.41) is 21.5. The number of rotatable bonds is 2. The summed E-state index contributed by atoms with van der Waals surface area (Å²) < 4.78 is 5.08. The van der Waals surface area contributed by atoms with Crippen LogP contribution in [0.1, 0.15) is 39.4 Å². The molecule has 1 aromatic carbocycles. The number of aliphatic hydroxyl groups is 1. The molecule has 0 radical (unpaired) electrons. The Bertz CT molecular complexity index is 435. The van der Waals surface area contributed by atoms with Gasteiger partial charge in [-0.15, -0.1) is 0 Å². The summed E-state index contributed by atoms with van der Waals surface area (Å²) in [5.74, 6) is -0.0708. The van der Waals surface area contributed by atoms with Crippen LogP contribution in [0.5, 0.6) is 5.75 Å². The Labute approximate surface area is 106 Å². The molecule has 0 aliphatic carbocycles. The van der Waals surface area contributed by atoms with E-state index in [1.54, 1.807) is 39.8 Å². The molecule has 0 aliphatic rings. The van der Waals surface area contributed by atoms with E-state index in [0.717, 1.165) is 0 Å². The predicted octanol–water partition coefficient (Wildman–Crippen LogP) is 2.79. The molecule has 0 bridgehead atoms. The Balaban J connectivity index is 2.75. The number of aromatic hydroxyl groups is 1. The van der Waals surface area contributed by atoms with Crippen LogP contribution in [0.3, 0.4) is 0 Å². The number of amides is 1. The van der Waals surface area contributed by atoms with Crippen LogP contribution in [0.25, 0.3) is 0 Å². The van der Waals surface area contributed by atoms with E-state index in [9.17, 15) is 15.0 Å². The number of phenolic OH excluding ortho intramolecular Hbond substituents is 1. The van der Waals surface area contributed by atoms with Crippen molar-refractivity contribution in [1.82, 2.24) is 0 Å². The second kappa shape index (κ2) is 5.27. The van der Waals surface area contributed by atoms with E-state index in [1.807, 2.05) is 0 Å². The Hall–Kier alpha value is -1.75. The maximum absolute atomic E-state index is 11.5. The summed E-state index contributed by atoms with van der Waals surface area (Å²) in [5.41, 5.74) is 0.238. The minimum atomic E-state index is -0.763. The molecule has 5 heteroatoms. The van der Waals surface area contributed by atoms with Crippen molar-refractivity contribution in [2.24, 2.45) is 0 Å². The van der Waals surface area contributed by atoms with Gasteiger partial charge in [-0.3, -0.25) is 5.32 Å². The first kappa shape index (κ1) is 14.3. The van der Waals surface area contributed by atoms with Crippen LogP contribution in [0.4, 0.5) is 10.5 Å². The third-order valence-corrected chi connectivity index (χ3v) is 2.13. The molecule has 0 fully saturated rings. The number of hydrogen-bond acceptors (Lipinski definition) is 4. The van der Waals surface area contributed by atoms with Gasteiger partial charge >= 0.3 is 6.09 Å². The van der Waals surface area contributed by atoms with Crippen LogP contribution in [0.15, 0.2) is 18.2 Å². The molecule has 0 saturated carbocycles. The zero-order chi connectivity index (χ0) is 13.9. The summed E-state index contributed by atoms with van der Waals surface area (Å²) >= 11 is 0. The van der Waals surface area contributed by atoms with Gasteiger partial charge in [0.2, 0.25) is 0 Å². The molecule has 1 rings (SSSR count). The number of hydrogen-bond donors (Lipinski definition) is 3. The number of nitrogens with one attached hydrogen (secondary N) is 1. The Morgan fingerprint density at radius 1 is 1.39 bits per heavy atom. The second-order valence-electron chi connectivity index (χ2n) is 5.08. The molecular formula is C13H19NO4. The summed E-state index contributed by atoms with van der Waals surface area (Å²) in [6.07, 6.45) is -1.35. The largest absolute Gasteiger partial charge is 0.507 e. The van der Waals surface area contributed by atoms with E-state index in [-0.39, 0.29) is 5.75 Å². The predicted molar refractivity (Wildman–Crippen MR) is 68.6 cm³/mol. The molecule has 0 spiro atoms. The lowest BCUT2D eigenvalue weighted by Gasteiger charge is -2.20. The number of aliphatic hydroxyl groups excluding tert-OH is 1. The van der Waals surface area contributed by atoms with Gasteiger partial charge in [-0.25, -0.2) is 4.79 Å². The van der Waals surface area contributed by atoms with Crippen molar-refractivity contribution < 1.29 is 19.7 Å². The molecule has 18 heavy (non-hydrogen) atoms. The highest BCUT2D eigenvalue weighted by molar-refractivity contribution is 5.85. The molecule has 0 aromatic heterocycles. The summed E-state index contributed by atoms with van der Waals surface area (Å²) in [6, 6.07) is 4.50. The zero-order valence-electron chi connectivity index (χ0n) is 11.0. The van der Waals surface area contributed by atoms with Crippen molar-refractivity contribution >= 4 is 11.8 Å². The minimum Gasteiger partial charge on any atom is -0.507 e. The normalized spacial score (nSPS) is 12.9. The first-order valence-electron chi connectivity index (χ1n) is 5.70. The summed E-state index contributed by atoms with van der Waals surface area (Å²) in [4.78, 5) is 11.5. The van der Waals surface area contributed by atoms with Crippen molar-refractivity contribution in [3.05, 3.63) is 23.8 Å². The highest BCUT2D eigenvalue weighted by atomic mass is 16.6. The third kappa shape index (κ3) is 4.25. The van der Waals surface area contributed by atoms with Crippen LogP contribution in [-0.4, -0.2) is 21.9 Å². The van der Waals surface area contributed by atoms with Crippen molar-refractivity contribution in [2.75, 3.05) is 5.32 Å². The van der Waals surface area contributed by atoms with E-state index in [2.05, 4.69) is 5.32 Å². The van der Waals surface area contributed by atoms with E-state index >= 15 is 0 Å². The Morgan fingerprint density at radius 3 is 2.44 bits per heavy atom. The molecule has 1 atom stereocenters. The maximum Gasteiger partial charge on any atom is 0.412 e.